The van der Waals surface area contributed by atoms with E-state index in [1.165, 1.54) is 18.2 Å². The van der Waals surface area contributed by atoms with Crippen LogP contribution in [0.3, 0.4) is 0 Å². The minimum absolute atomic E-state index is 0.0450. The highest BCUT2D eigenvalue weighted by atomic mass is 19.4. The van der Waals surface area contributed by atoms with Crippen LogP contribution in [-0.4, -0.2) is 29.4 Å². The number of fused-ring (bicyclic) bond motifs is 1. The Kier molecular flexibility index (Phi) is 4.80. The molecule has 0 saturated heterocycles. The zero-order valence-electron chi connectivity index (χ0n) is 17.2. The Morgan fingerprint density at radius 3 is 2.39 bits per heavy atom. The van der Waals surface area contributed by atoms with Gasteiger partial charge in [0.15, 0.2) is 17.3 Å². The minimum atomic E-state index is -5.07. The normalized spacial score (nSPS) is 24.1. The molecular formula is C21H16F4N2O6. The average molecular weight is 468 g/mol. The maximum atomic E-state index is 14.5. The second-order valence-corrected chi connectivity index (χ2v) is 7.81. The number of carbonyl (C=O) groups is 1. The van der Waals surface area contributed by atoms with Gasteiger partial charge in [0, 0.05) is 5.57 Å². The molecule has 0 spiro atoms. The number of alkyl halides is 3. The van der Waals surface area contributed by atoms with E-state index >= 15 is 0 Å². The van der Waals surface area contributed by atoms with Crippen molar-refractivity contribution in [2.75, 3.05) is 6.79 Å². The van der Waals surface area contributed by atoms with Crippen molar-refractivity contribution in [2.45, 2.75) is 31.0 Å². The summed E-state index contributed by atoms with van der Waals surface area (Å²) in [5, 5.41) is 11.7. The fraction of sp³-hybridized carbons (Fsp3) is 0.286. The molecule has 0 fully saturated rings. The van der Waals surface area contributed by atoms with E-state index in [0.29, 0.717) is 13.0 Å². The Labute approximate surface area is 183 Å². The lowest BCUT2D eigenvalue weighted by Crippen LogP contribution is -2.56. The maximum Gasteiger partial charge on any atom is 0.429 e. The van der Waals surface area contributed by atoms with Gasteiger partial charge in [-0.3, -0.25) is 14.9 Å². The van der Waals surface area contributed by atoms with Crippen LogP contribution in [0.15, 0.2) is 42.2 Å². The lowest BCUT2D eigenvalue weighted by atomic mass is 9.63. The first-order valence-electron chi connectivity index (χ1n) is 9.46. The molecular weight excluding hydrogens is 452 g/mol. The van der Waals surface area contributed by atoms with E-state index < -0.39 is 56.4 Å². The molecule has 12 heteroatoms. The summed E-state index contributed by atoms with van der Waals surface area (Å²) in [5.41, 5.74) is -1.82. The van der Waals surface area contributed by atoms with Crippen molar-refractivity contribution < 1.29 is 41.5 Å². The molecule has 0 aliphatic carbocycles. The fourth-order valence-corrected chi connectivity index (χ4v) is 4.22. The smallest absolute Gasteiger partial charge is 0.429 e. The molecule has 2 heterocycles. The SMILES string of the molecule is CC1(c2ccc3c(c2)OCO3)C(c2ccc(F)cc2[N+](=O)[O-])=C(C(N)=O)OC1(C)C(F)(F)F. The quantitative estimate of drug-likeness (QED) is 0.413. The van der Waals surface area contributed by atoms with E-state index in [-0.39, 0.29) is 23.9 Å². The number of amides is 1. The zero-order chi connectivity index (χ0) is 24.3. The lowest BCUT2D eigenvalue weighted by molar-refractivity contribution is -0.385. The molecule has 2 aliphatic rings. The number of nitro benzene ring substituents is 1. The Hall–Kier alpha value is -3.83. The van der Waals surface area contributed by atoms with Gasteiger partial charge in [-0.05, 0) is 43.7 Å². The number of nitrogens with zero attached hydrogens (tertiary/aromatic N) is 1. The zero-order valence-corrected chi connectivity index (χ0v) is 17.2. The monoisotopic (exact) mass is 468 g/mol. The molecule has 0 aromatic heterocycles. The van der Waals surface area contributed by atoms with Crippen LogP contribution in [0.4, 0.5) is 23.2 Å². The second kappa shape index (κ2) is 7.09. The molecule has 1 amide bonds. The van der Waals surface area contributed by atoms with E-state index in [9.17, 15) is 32.5 Å². The summed E-state index contributed by atoms with van der Waals surface area (Å²) in [6.45, 7) is 1.68. The number of benzene rings is 2. The number of rotatable bonds is 4. The summed E-state index contributed by atoms with van der Waals surface area (Å²) in [5.74, 6) is -2.86. The molecule has 33 heavy (non-hydrogen) atoms. The third-order valence-electron chi connectivity index (χ3n) is 6.13. The molecule has 2 aromatic carbocycles. The summed E-state index contributed by atoms with van der Waals surface area (Å²) in [6, 6.07) is 6.25. The summed E-state index contributed by atoms with van der Waals surface area (Å²) in [6.07, 6.45) is -5.07. The second-order valence-electron chi connectivity index (χ2n) is 7.81. The topological polar surface area (TPSA) is 114 Å². The van der Waals surface area contributed by atoms with Crippen molar-refractivity contribution in [3.05, 3.63) is 69.2 Å². The lowest BCUT2D eigenvalue weighted by Gasteiger charge is -2.42. The summed E-state index contributed by atoms with van der Waals surface area (Å²) < 4.78 is 73.0. The van der Waals surface area contributed by atoms with E-state index in [1.807, 2.05) is 0 Å². The molecule has 2 aromatic rings. The largest absolute Gasteiger partial charge is 0.471 e. The predicted octanol–water partition coefficient (Wildman–Crippen LogP) is 3.97. The number of primary amides is 1. The molecule has 2 N–H and O–H groups in total. The Balaban J connectivity index is 2.11. The summed E-state index contributed by atoms with van der Waals surface area (Å²) in [4.78, 5) is 22.9. The van der Waals surface area contributed by atoms with Crippen molar-refractivity contribution >= 4 is 17.2 Å². The highest BCUT2D eigenvalue weighted by Crippen LogP contribution is 2.62. The van der Waals surface area contributed by atoms with Gasteiger partial charge >= 0.3 is 6.18 Å². The standard InChI is InChI=1S/C21H16F4N2O6/c1-19(10-3-6-14-15(7-10)32-9-31-14)16(12-5-4-11(22)8-13(12)27(29)30)17(18(26)28)33-20(19,2)21(23,24)25/h3-8H,9H2,1-2H3,(H2,26,28). The highest BCUT2D eigenvalue weighted by molar-refractivity contribution is 6.03. The third kappa shape index (κ3) is 3.08. The van der Waals surface area contributed by atoms with Gasteiger partial charge in [-0.15, -0.1) is 0 Å². The molecule has 2 atom stereocenters. The van der Waals surface area contributed by atoms with E-state index in [1.54, 1.807) is 0 Å². The Bertz CT molecular complexity index is 1230. The van der Waals surface area contributed by atoms with E-state index in [2.05, 4.69) is 0 Å². The van der Waals surface area contributed by atoms with Crippen LogP contribution in [0.25, 0.3) is 5.57 Å². The van der Waals surface area contributed by atoms with Crippen LogP contribution >= 0.6 is 0 Å². The van der Waals surface area contributed by atoms with E-state index in [0.717, 1.165) is 19.1 Å². The number of nitrogens with two attached hydrogens (primary N) is 1. The molecule has 0 radical (unpaired) electrons. The summed E-state index contributed by atoms with van der Waals surface area (Å²) >= 11 is 0. The predicted molar refractivity (Wildman–Crippen MR) is 105 cm³/mol. The van der Waals surface area contributed by atoms with Gasteiger partial charge < -0.3 is 19.9 Å². The van der Waals surface area contributed by atoms with Crippen LogP contribution in [0.1, 0.15) is 25.0 Å². The number of hydrogen-bond donors (Lipinski definition) is 1. The first kappa shape index (κ1) is 22.4. The van der Waals surface area contributed by atoms with Crippen molar-refractivity contribution in [2.24, 2.45) is 5.73 Å². The number of ether oxygens (including phenoxy) is 3. The van der Waals surface area contributed by atoms with Crippen LogP contribution in [0.2, 0.25) is 0 Å². The van der Waals surface area contributed by atoms with Crippen molar-refractivity contribution in [1.82, 2.24) is 0 Å². The van der Waals surface area contributed by atoms with Gasteiger partial charge in [0.2, 0.25) is 12.4 Å². The minimum Gasteiger partial charge on any atom is -0.471 e. The molecule has 0 bridgehead atoms. The molecule has 4 rings (SSSR count). The number of hydrogen-bond acceptors (Lipinski definition) is 6. The van der Waals surface area contributed by atoms with Crippen molar-refractivity contribution in [3.63, 3.8) is 0 Å². The van der Waals surface area contributed by atoms with Gasteiger partial charge in [0.05, 0.1) is 22.0 Å². The average Bonchev–Trinajstić information content (AvgIpc) is 3.29. The van der Waals surface area contributed by atoms with E-state index in [4.69, 9.17) is 19.9 Å². The van der Waals surface area contributed by atoms with Gasteiger partial charge in [-0.25, -0.2) is 4.39 Å². The van der Waals surface area contributed by atoms with Crippen molar-refractivity contribution in [1.29, 1.82) is 0 Å². The molecule has 2 aliphatic heterocycles. The highest BCUT2D eigenvalue weighted by Gasteiger charge is 2.71. The fourth-order valence-electron chi connectivity index (χ4n) is 4.22. The van der Waals surface area contributed by atoms with Gasteiger partial charge in [-0.2, -0.15) is 13.2 Å². The number of carbonyl (C=O) groups excluding carboxylic acids is 1. The maximum absolute atomic E-state index is 14.5. The van der Waals surface area contributed by atoms with Crippen LogP contribution < -0.4 is 15.2 Å². The third-order valence-corrected chi connectivity index (χ3v) is 6.13. The van der Waals surface area contributed by atoms with Crippen molar-refractivity contribution in [3.8, 4) is 11.5 Å². The number of halogens is 4. The Morgan fingerprint density at radius 2 is 1.79 bits per heavy atom. The summed E-state index contributed by atoms with van der Waals surface area (Å²) in [7, 11) is 0. The van der Waals surface area contributed by atoms with Gasteiger partial charge in [-0.1, -0.05) is 6.07 Å². The molecule has 174 valence electrons. The first-order valence-corrected chi connectivity index (χ1v) is 9.46. The first-order chi connectivity index (χ1) is 15.3. The molecule has 2 unspecified atom stereocenters. The van der Waals surface area contributed by atoms with Crippen LogP contribution in [-0.2, 0) is 14.9 Å². The number of nitro groups is 1. The van der Waals surface area contributed by atoms with Crippen LogP contribution in [0, 0.1) is 15.9 Å². The molecule has 0 saturated carbocycles. The van der Waals surface area contributed by atoms with Gasteiger partial charge in [0.1, 0.15) is 5.82 Å². The van der Waals surface area contributed by atoms with Crippen LogP contribution in [0.5, 0.6) is 11.5 Å². The van der Waals surface area contributed by atoms with Gasteiger partial charge in [0.25, 0.3) is 11.6 Å². The Morgan fingerprint density at radius 1 is 1.12 bits per heavy atom. The molecule has 8 nitrogen and oxygen atoms in total.